The van der Waals surface area contributed by atoms with Gasteiger partial charge in [-0.2, -0.15) is 0 Å². The Bertz CT molecular complexity index is 423. The highest BCUT2D eigenvalue weighted by molar-refractivity contribution is 5.68. The smallest absolute Gasteiger partial charge is 0.410 e. The molecular weight excluding hydrogens is 258 g/mol. The van der Waals surface area contributed by atoms with Gasteiger partial charge in [-0.25, -0.2) is 4.79 Å². The molecule has 5 heteroatoms. The van der Waals surface area contributed by atoms with Crippen molar-refractivity contribution in [3.63, 3.8) is 0 Å². The van der Waals surface area contributed by atoms with Crippen molar-refractivity contribution in [1.82, 2.24) is 4.90 Å². The van der Waals surface area contributed by atoms with E-state index >= 15 is 0 Å². The lowest BCUT2D eigenvalue weighted by Crippen LogP contribution is -2.51. The molecule has 0 aliphatic carbocycles. The number of nitrogens with zero attached hydrogens (tertiary/aromatic N) is 1. The van der Waals surface area contributed by atoms with Crippen molar-refractivity contribution in [3.05, 3.63) is 35.9 Å². The number of piperidine rings is 1. The number of carbonyl (C=O) groups excluding carboxylic acids is 1. The first-order valence-corrected chi connectivity index (χ1v) is 6.98. The van der Waals surface area contributed by atoms with Gasteiger partial charge in [0.05, 0.1) is 18.8 Å². The summed E-state index contributed by atoms with van der Waals surface area (Å²) >= 11 is 0. The Labute approximate surface area is 118 Å². The van der Waals surface area contributed by atoms with Crippen molar-refractivity contribution in [2.45, 2.75) is 38.0 Å². The average Bonchev–Trinajstić information content (AvgIpc) is 2.52. The summed E-state index contributed by atoms with van der Waals surface area (Å²) in [6.07, 6.45) is 1.21. The predicted molar refractivity (Wildman–Crippen MR) is 74.1 cm³/mol. The van der Waals surface area contributed by atoms with Gasteiger partial charge in [0.2, 0.25) is 0 Å². The Kier molecular flexibility index (Phi) is 5.38. The number of benzene rings is 1. The minimum atomic E-state index is -0.903. The van der Waals surface area contributed by atoms with Gasteiger partial charge in [0.15, 0.2) is 0 Å². The maximum absolute atomic E-state index is 12.1. The molecule has 1 aliphatic heterocycles. The number of rotatable bonds is 4. The van der Waals surface area contributed by atoms with Crippen molar-refractivity contribution in [2.24, 2.45) is 0 Å². The molecule has 1 aliphatic rings. The van der Waals surface area contributed by atoms with E-state index < -0.39 is 12.2 Å². The molecule has 0 bridgehead atoms. The Morgan fingerprint density at radius 2 is 2.10 bits per heavy atom. The van der Waals surface area contributed by atoms with Crippen LogP contribution in [0, 0.1) is 0 Å². The van der Waals surface area contributed by atoms with Gasteiger partial charge < -0.3 is 19.8 Å². The summed E-state index contributed by atoms with van der Waals surface area (Å²) < 4.78 is 5.29. The van der Waals surface area contributed by atoms with E-state index in [9.17, 15) is 9.90 Å². The van der Waals surface area contributed by atoms with Crippen LogP contribution in [-0.4, -0.2) is 46.5 Å². The van der Waals surface area contributed by atoms with E-state index in [0.717, 1.165) is 18.4 Å². The van der Waals surface area contributed by atoms with E-state index in [1.54, 1.807) is 0 Å². The van der Waals surface area contributed by atoms with Crippen molar-refractivity contribution >= 4 is 6.09 Å². The lowest BCUT2D eigenvalue weighted by atomic mass is 9.98. The summed E-state index contributed by atoms with van der Waals surface area (Å²) in [7, 11) is 0. The second-order valence-electron chi connectivity index (χ2n) is 5.05. The van der Waals surface area contributed by atoms with Crippen LogP contribution in [0.1, 0.15) is 24.8 Å². The van der Waals surface area contributed by atoms with Crippen LogP contribution >= 0.6 is 0 Å². The Hall–Kier alpha value is -1.59. The van der Waals surface area contributed by atoms with Crippen LogP contribution in [0.2, 0.25) is 0 Å². The fourth-order valence-corrected chi connectivity index (χ4v) is 2.51. The van der Waals surface area contributed by atoms with E-state index in [1.807, 2.05) is 30.3 Å². The Morgan fingerprint density at radius 3 is 2.80 bits per heavy atom. The van der Waals surface area contributed by atoms with Gasteiger partial charge >= 0.3 is 6.09 Å². The van der Waals surface area contributed by atoms with Crippen LogP contribution in [0.4, 0.5) is 4.79 Å². The highest BCUT2D eigenvalue weighted by Crippen LogP contribution is 2.21. The third kappa shape index (κ3) is 3.71. The molecule has 1 aromatic carbocycles. The lowest BCUT2D eigenvalue weighted by molar-refractivity contribution is -0.00887. The molecule has 1 aromatic rings. The minimum absolute atomic E-state index is 0.220. The second-order valence-corrected chi connectivity index (χ2v) is 5.05. The molecule has 0 spiro atoms. The zero-order valence-corrected chi connectivity index (χ0v) is 11.4. The lowest BCUT2D eigenvalue weighted by Gasteiger charge is -2.37. The van der Waals surface area contributed by atoms with Gasteiger partial charge in [-0.1, -0.05) is 30.3 Å². The molecule has 2 N–H and O–H groups in total. The monoisotopic (exact) mass is 279 g/mol. The average molecular weight is 279 g/mol. The van der Waals surface area contributed by atoms with Crippen LogP contribution in [-0.2, 0) is 11.3 Å². The van der Waals surface area contributed by atoms with Gasteiger partial charge in [-0.3, -0.25) is 0 Å². The van der Waals surface area contributed by atoms with Gasteiger partial charge in [0.1, 0.15) is 6.61 Å². The summed E-state index contributed by atoms with van der Waals surface area (Å²) in [6, 6.07) is 9.12. The summed E-state index contributed by atoms with van der Waals surface area (Å²) in [5.41, 5.74) is 0.928. The molecule has 110 valence electrons. The molecule has 1 heterocycles. The zero-order chi connectivity index (χ0) is 14.4. The SMILES string of the molecule is O=C(OCc1ccccc1)N1CCCC[C@H]1[C@@H](O)CO. The third-order valence-corrected chi connectivity index (χ3v) is 3.62. The van der Waals surface area contributed by atoms with Crippen molar-refractivity contribution < 1.29 is 19.7 Å². The molecular formula is C15H21NO4. The van der Waals surface area contributed by atoms with Crippen LogP contribution in [0.3, 0.4) is 0 Å². The molecule has 0 radical (unpaired) electrons. The molecule has 2 atom stereocenters. The van der Waals surface area contributed by atoms with Gasteiger partial charge in [0.25, 0.3) is 0 Å². The largest absolute Gasteiger partial charge is 0.445 e. The standard InChI is InChI=1S/C15H21NO4/c17-10-14(18)13-8-4-5-9-16(13)15(19)20-11-12-6-2-1-3-7-12/h1-3,6-7,13-14,17-18H,4-5,8-11H2/t13-,14-/m0/s1. The summed E-state index contributed by atoms with van der Waals surface area (Å²) in [5.74, 6) is 0. The molecule has 0 saturated carbocycles. The third-order valence-electron chi connectivity index (χ3n) is 3.62. The summed E-state index contributed by atoms with van der Waals surface area (Å²) in [5, 5.41) is 18.9. The number of ether oxygens (including phenoxy) is 1. The first-order valence-electron chi connectivity index (χ1n) is 6.98. The van der Waals surface area contributed by atoms with E-state index in [4.69, 9.17) is 9.84 Å². The zero-order valence-electron chi connectivity index (χ0n) is 11.4. The molecule has 1 fully saturated rings. The highest BCUT2D eigenvalue weighted by atomic mass is 16.6. The van der Waals surface area contributed by atoms with Crippen LogP contribution in [0.25, 0.3) is 0 Å². The van der Waals surface area contributed by atoms with E-state index in [0.29, 0.717) is 13.0 Å². The first kappa shape index (κ1) is 14.8. The van der Waals surface area contributed by atoms with E-state index in [2.05, 4.69) is 0 Å². The Morgan fingerprint density at radius 1 is 1.35 bits per heavy atom. The van der Waals surface area contributed by atoms with Crippen molar-refractivity contribution in [3.8, 4) is 0 Å². The Balaban J connectivity index is 1.92. The number of carbonyl (C=O) groups is 1. The summed E-state index contributed by atoms with van der Waals surface area (Å²) in [4.78, 5) is 13.6. The number of likely N-dealkylation sites (tertiary alicyclic amines) is 1. The maximum Gasteiger partial charge on any atom is 0.410 e. The van der Waals surface area contributed by atoms with Crippen molar-refractivity contribution in [1.29, 1.82) is 0 Å². The number of aliphatic hydroxyl groups is 2. The van der Waals surface area contributed by atoms with Crippen LogP contribution in [0.15, 0.2) is 30.3 Å². The normalized spacial score (nSPS) is 20.5. The fourth-order valence-electron chi connectivity index (χ4n) is 2.51. The van der Waals surface area contributed by atoms with Crippen LogP contribution in [0.5, 0.6) is 0 Å². The molecule has 5 nitrogen and oxygen atoms in total. The quantitative estimate of drug-likeness (QED) is 0.877. The second kappa shape index (κ2) is 7.26. The molecule has 2 rings (SSSR count). The number of hydrogen-bond donors (Lipinski definition) is 2. The number of amides is 1. The number of hydrogen-bond acceptors (Lipinski definition) is 4. The highest BCUT2D eigenvalue weighted by Gasteiger charge is 2.32. The number of aliphatic hydroxyl groups excluding tert-OH is 2. The van der Waals surface area contributed by atoms with E-state index in [-0.39, 0.29) is 19.3 Å². The topological polar surface area (TPSA) is 70.0 Å². The molecule has 0 unspecified atom stereocenters. The van der Waals surface area contributed by atoms with Gasteiger partial charge in [0, 0.05) is 6.54 Å². The molecule has 0 aromatic heterocycles. The summed E-state index contributed by atoms with van der Waals surface area (Å²) in [6.45, 7) is 0.445. The molecule has 20 heavy (non-hydrogen) atoms. The van der Waals surface area contributed by atoms with Gasteiger partial charge in [-0.05, 0) is 24.8 Å². The fraction of sp³-hybridized carbons (Fsp3) is 0.533. The molecule has 1 amide bonds. The van der Waals surface area contributed by atoms with Gasteiger partial charge in [-0.15, -0.1) is 0 Å². The minimum Gasteiger partial charge on any atom is -0.445 e. The van der Waals surface area contributed by atoms with E-state index in [1.165, 1.54) is 4.90 Å². The van der Waals surface area contributed by atoms with Crippen molar-refractivity contribution in [2.75, 3.05) is 13.2 Å². The predicted octanol–water partition coefficient (Wildman–Crippen LogP) is 1.53. The van der Waals surface area contributed by atoms with Crippen LogP contribution < -0.4 is 0 Å². The first-order chi connectivity index (χ1) is 9.72. The molecule has 1 saturated heterocycles. The maximum atomic E-state index is 12.1.